The van der Waals surface area contributed by atoms with Crippen LogP contribution in [0.25, 0.3) is 0 Å². The molecule has 164 valence electrons. The van der Waals surface area contributed by atoms with Crippen molar-refractivity contribution < 1.29 is 9.21 Å². The summed E-state index contributed by atoms with van der Waals surface area (Å²) in [6.45, 7) is 6.03. The highest BCUT2D eigenvalue weighted by Crippen LogP contribution is 2.27. The molecule has 2 aromatic heterocycles. The van der Waals surface area contributed by atoms with E-state index in [1.54, 1.807) is 18.4 Å². The van der Waals surface area contributed by atoms with Crippen LogP contribution in [-0.4, -0.2) is 79.4 Å². The molecule has 0 radical (unpaired) electrons. The normalized spacial score (nSPS) is 18.9. The molecule has 1 unspecified atom stereocenters. The van der Waals surface area contributed by atoms with Crippen LogP contribution < -0.4 is 5.32 Å². The lowest BCUT2D eigenvalue weighted by molar-refractivity contribution is 0.0657. The zero-order valence-electron chi connectivity index (χ0n) is 17.3. The van der Waals surface area contributed by atoms with Crippen molar-refractivity contribution in [1.29, 1.82) is 0 Å². The second kappa shape index (κ2) is 11.1. The molecule has 2 saturated heterocycles. The Morgan fingerprint density at radius 1 is 1.13 bits per heavy atom. The Bertz CT molecular complexity index is 797. The number of likely N-dealkylation sites (tertiary alicyclic amines) is 1. The standard InChI is InChI=1S/C21H29N5O2S.HI/c1-22-21(23-16-17(19-7-5-15-29-19)24-8-2-3-9-24)26-12-10-25(11-13-26)20(27)18-6-4-14-28-18;/h4-7,14-15,17H,2-3,8-13,16H2,1H3,(H,22,23);1H. The number of halogens is 1. The molecule has 0 aromatic carbocycles. The van der Waals surface area contributed by atoms with Crippen LogP contribution in [0, 0.1) is 0 Å². The monoisotopic (exact) mass is 543 g/mol. The molecule has 1 atom stereocenters. The molecule has 4 heterocycles. The Balaban J connectivity index is 0.00000256. The topological polar surface area (TPSA) is 64.3 Å². The summed E-state index contributed by atoms with van der Waals surface area (Å²) in [5.41, 5.74) is 0. The molecule has 0 bridgehead atoms. The first-order valence-corrected chi connectivity index (χ1v) is 11.2. The number of furan rings is 1. The van der Waals surface area contributed by atoms with Gasteiger partial charge in [-0.15, -0.1) is 35.3 Å². The number of hydrogen-bond donors (Lipinski definition) is 1. The van der Waals surface area contributed by atoms with Gasteiger partial charge in [-0.1, -0.05) is 6.07 Å². The first-order valence-electron chi connectivity index (χ1n) is 10.3. The molecule has 0 aliphatic carbocycles. The first-order chi connectivity index (χ1) is 14.3. The van der Waals surface area contributed by atoms with Crippen molar-refractivity contribution >= 4 is 47.2 Å². The third-order valence-corrected chi connectivity index (χ3v) is 6.69. The van der Waals surface area contributed by atoms with Crippen LogP contribution in [0.5, 0.6) is 0 Å². The van der Waals surface area contributed by atoms with Crippen LogP contribution in [-0.2, 0) is 0 Å². The van der Waals surface area contributed by atoms with Crippen molar-refractivity contribution in [3.8, 4) is 0 Å². The van der Waals surface area contributed by atoms with E-state index in [1.165, 1.54) is 17.7 Å². The summed E-state index contributed by atoms with van der Waals surface area (Å²) >= 11 is 1.83. The van der Waals surface area contributed by atoms with Crippen molar-refractivity contribution in [2.75, 3.05) is 52.9 Å². The van der Waals surface area contributed by atoms with E-state index in [0.717, 1.165) is 38.7 Å². The molecule has 1 N–H and O–H groups in total. The van der Waals surface area contributed by atoms with E-state index in [9.17, 15) is 4.79 Å². The van der Waals surface area contributed by atoms with Crippen LogP contribution in [0.1, 0.15) is 34.3 Å². The summed E-state index contributed by atoms with van der Waals surface area (Å²) in [5, 5.41) is 5.75. The average Bonchev–Trinajstić information content (AvgIpc) is 3.54. The summed E-state index contributed by atoms with van der Waals surface area (Å²) in [6.07, 6.45) is 4.10. The zero-order valence-corrected chi connectivity index (χ0v) is 20.5. The Morgan fingerprint density at radius 3 is 2.47 bits per heavy atom. The van der Waals surface area contributed by atoms with Crippen molar-refractivity contribution in [2.45, 2.75) is 18.9 Å². The van der Waals surface area contributed by atoms with Crippen molar-refractivity contribution in [2.24, 2.45) is 4.99 Å². The number of thiophene rings is 1. The number of piperazine rings is 1. The van der Waals surface area contributed by atoms with Gasteiger partial charge in [-0.3, -0.25) is 14.7 Å². The van der Waals surface area contributed by atoms with E-state index in [2.05, 4.69) is 37.6 Å². The molecular formula is C21H30IN5O2S. The highest BCUT2D eigenvalue weighted by atomic mass is 127. The number of carbonyl (C=O) groups is 1. The van der Waals surface area contributed by atoms with Crippen LogP contribution in [0.4, 0.5) is 0 Å². The van der Waals surface area contributed by atoms with E-state index in [-0.39, 0.29) is 29.9 Å². The SMILES string of the molecule is CN=C(NCC(c1cccs1)N1CCCC1)N1CCN(C(=O)c2ccco2)CC1.I. The summed E-state index contributed by atoms with van der Waals surface area (Å²) in [7, 11) is 1.83. The second-order valence-corrected chi connectivity index (χ2v) is 8.44. The number of hydrogen-bond acceptors (Lipinski definition) is 5. The van der Waals surface area contributed by atoms with Gasteiger partial charge in [0.25, 0.3) is 5.91 Å². The van der Waals surface area contributed by atoms with E-state index in [1.807, 2.05) is 23.3 Å². The molecule has 2 aliphatic heterocycles. The van der Waals surface area contributed by atoms with Crippen LogP contribution in [0.3, 0.4) is 0 Å². The third kappa shape index (κ3) is 5.36. The van der Waals surface area contributed by atoms with Gasteiger partial charge < -0.3 is 19.5 Å². The van der Waals surface area contributed by atoms with Gasteiger partial charge in [0.15, 0.2) is 11.7 Å². The van der Waals surface area contributed by atoms with Gasteiger partial charge in [0.1, 0.15) is 0 Å². The molecule has 0 spiro atoms. The van der Waals surface area contributed by atoms with E-state index < -0.39 is 0 Å². The minimum absolute atomic E-state index is 0. The van der Waals surface area contributed by atoms with Gasteiger partial charge in [0.2, 0.25) is 0 Å². The largest absolute Gasteiger partial charge is 0.459 e. The second-order valence-electron chi connectivity index (χ2n) is 7.46. The molecule has 1 amide bonds. The molecule has 9 heteroatoms. The summed E-state index contributed by atoms with van der Waals surface area (Å²) < 4.78 is 5.25. The number of nitrogens with zero attached hydrogens (tertiary/aromatic N) is 4. The van der Waals surface area contributed by atoms with Crippen LogP contribution in [0.15, 0.2) is 45.3 Å². The van der Waals surface area contributed by atoms with Crippen LogP contribution >= 0.6 is 35.3 Å². The highest BCUT2D eigenvalue weighted by molar-refractivity contribution is 14.0. The van der Waals surface area contributed by atoms with Crippen molar-refractivity contribution in [3.63, 3.8) is 0 Å². The Kier molecular flexibility index (Phi) is 8.58. The molecule has 2 aliphatic rings. The van der Waals surface area contributed by atoms with Crippen molar-refractivity contribution in [1.82, 2.24) is 20.0 Å². The predicted molar refractivity (Wildman–Crippen MR) is 131 cm³/mol. The number of nitrogens with one attached hydrogen (secondary N) is 1. The highest BCUT2D eigenvalue weighted by Gasteiger charge is 2.27. The molecule has 7 nitrogen and oxygen atoms in total. The molecular weight excluding hydrogens is 513 g/mol. The fraction of sp³-hybridized carbons (Fsp3) is 0.524. The smallest absolute Gasteiger partial charge is 0.289 e. The minimum Gasteiger partial charge on any atom is -0.459 e. The lowest BCUT2D eigenvalue weighted by Gasteiger charge is -2.37. The Hall–Kier alpha value is -1.59. The van der Waals surface area contributed by atoms with Crippen LogP contribution in [0.2, 0.25) is 0 Å². The number of rotatable bonds is 5. The van der Waals surface area contributed by atoms with Gasteiger partial charge in [-0.05, 0) is 49.5 Å². The number of guanidine groups is 1. The van der Waals surface area contributed by atoms with Gasteiger partial charge in [0.05, 0.1) is 12.3 Å². The van der Waals surface area contributed by atoms with E-state index >= 15 is 0 Å². The van der Waals surface area contributed by atoms with Crippen molar-refractivity contribution in [3.05, 3.63) is 46.5 Å². The first kappa shape index (κ1) is 23.1. The molecule has 2 aromatic rings. The van der Waals surface area contributed by atoms with E-state index in [4.69, 9.17) is 4.42 Å². The molecule has 0 saturated carbocycles. The fourth-order valence-electron chi connectivity index (χ4n) is 4.14. The number of aliphatic imine (C=N–C) groups is 1. The maximum absolute atomic E-state index is 12.5. The number of amides is 1. The molecule has 2 fully saturated rings. The summed E-state index contributed by atoms with van der Waals surface area (Å²) in [6, 6.07) is 8.22. The van der Waals surface area contributed by atoms with Gasteiger partial charge >= 0.3 is 0 Å². The Labute approximate surface area is 199 Å². The quantitative estimate of drug-likeness (QED) is 0.357. The summed E-state index contributed by atoms with van der Waals surface area (Å²) in [5.74, 6) is 1.28. The lowest BCUT2D eigenvalue weighted by atomic mass is 10.2. The lowest BCUT2D eigenvalue weighted by Crippen LogP contribution is -2.54. The van der Waals surface area contributed by atoms with Gasteiger partial charge in [-0.2, -0.15) is 0 Å². The number of carbonyl (C=O) groups excluding carboxylic acids is 1. The minimum atomic E-state index is -0.0376. The predicted octanol–water partition coefficient (Wildman–Crippen LogP) is 3.13. The maximum atomic E-state index is 12.5. The average molecular weight is 543 g/mol. The van der Waals surface area contributed by atoms with E-state index in [0.29, 0.717) is 24.9 Å². The molecule has 30 heavy (non-hydrogen) atoms. The fourth-order valence-corrected chi connectivity index (χ4v) is 5.00. The maximum Gasteiger partial charge on any atom is 0.289 e. The zero-order chi connectivity index (χ0) is 20.1. The molecule has 4 rings (SSSR count). The van der Waals surface area contributed by atoms with Gasteiger partial charge in [0, 0.05) is 44.6 Å². The third-order valence-electron chi connectivity index (χ3n) is 5.72. The van der Waals surface area contributed by atoms with Gasteiger partial charge in [-0.25, -0.2) is 0 Å². The Morgan fingerprint density at radius 2 is 1.87 bits per heavy atom. The summed E-state index contributed by atoms with van der Waals surface area (Å²) in [4.78, 5) is 25.0.